The minimum absolute atomic E-state index is 0.895. The Morgan fingerprint density at radius 1 is 0.357 bits per heavy atom. The monoisotopic (exact) mass is 500 g/mol. The third-order valence-electron chi connectivity index (χ3n) is 4.20. The lowest BCUT2D eigenvalue weighted by Gasteiger charge is -2.36. The van der Waals surface area contributed by atoms with Crippen LogP contribution in [-0.2, 0) is 25.9 Å². The first-order valence-corrected chi connectivity index (χ1v) is 28.3. The summed E-state index contributed by atoms with van der Waals surface area (Å²) in [7, 11) is -8.63. The maximum atomic E-state index is 5.79. The summed E-state index contributed by atoms with van der Waals surface area (Å²) in [6.07, 6.45) is 3.58. The highest BCUT2D eigenvalue weighted by molar-refractivity contribution is 6.86. The van der Waals surface area contributed by atoms with Gasteiger partial charge in [-0.25, -0.2) is 0 Å². The van der Waals surface area contributed by atoms with Crippen molar-refractivity contribution in [1.82, 2.24) is 0 Å². The summed E-state index contributed by atoms with van der Waals surface area (Å²) in [6.45, 7) is 26.1. The van der Waals surface area contributed by atoms with Crippen molar-refractivity contribution in [3.05, 3.63) is 0 Å². The standard InChI is InChI=1S/C6H16O2Si2.2C5H14O2Si2/c1-9(2)5-8-10(3,4)6-7-9;2*1-8(2)5-6-9(3,4)7-8/h5-6H2,1-4H3;2*5H2,1-4H3. The van der Waals surface area contributed by atoms with Crippen LogP contribution < -0.4 is 0 Å². The summed E-state index contributed by atoms with van der Waals surface area (Å²) in [5.41, 5.74) is 0. The van der Waals surface area contributed by atoms with Crippen LogP contribution in [-0.4, -0.2) is 75.3 Å². The Hall–Kier alpha value is 1.06. The topological polar surface area (TPSA) is 55.4 Å². The molecule has 0 spiro atoms. The minimum atomic E-state index is -1.61. The molecule has 0 radical (unpaired) electrons. The highest BCUT2D eigenvalue weighted by Crippen LogP contribution is 2.24. The van der Waals surface area contributed by atoms with Crippen LogP contribution in [0.15, 0.2) is 0 Å². The average molecular weight is 501 g/mol. The molecule has 3 fully saturated rings. The molecule has 3 aliphatic rings. The quantitative estimate of drug-likeness (QED) is 0.457. The third-order valence-corrected chi connectivity index (χ3v) is 20.6. The predicted molar refractivity (Wildman–Crippen MR) is 131 cm³/mol. The van der Waals surface area contributed by atoms with Gasteiger partial charge in [0.15, 0.2) is 16.6 Å². The molecule has 0 unspecified atom stereocenters. The molecular formula is C16H44O6Si6. The smallest absolute Gasteiger partial charge is 0.321 e. The SMILES string of the molecule is C[Si]1(C)CO[Si](C)(C)CO1.C[Si]1(C)CO[Si](C)(C)O1.C[Si]1(C)CO[Si](C)(C)O1. The van der Waals surface area contributed by atoms with E-state index >= 15 is 0 Å². The van der Waals surface area contributed by atoms with Gasteiger partial charge in [0, 0.05) is 0 Å². The van der Waals surface area contributed by atoms with Crippen LogP contribution in [0.2, 0.25) is 78.6 Å². The molecule has 0 aromatic carbocycles. The van der Waals surface area contributed by atoms with Crippen LogP contribution in [0.5, 0.6) is 0 Å². The molecule has 0 saturated carbocycles. The van der Waals surface area contributed by atoms with Gasteiger partial charge in [0.25, 0.3) is 0 Å². The summed E-state index contributed by atoms with van der Waals surface area (Å²) in [5, 5.41) is 0. The highest BCUT2D eigenvalue weighted by Gasteiger charge is 2.43. The van der Waals surface area contributed by atoms with Gasteiger partial charge in [0.1, 0.15) is 0 Å². The lowest BCUT2D eigenvalue weighted by atomic mass is 11.6. The molecule has 0 aromatic rings. The fourth-order valence-corrected chi connectivity index (χ4v) is 26.2. The van der Waals surface area contributed by atoms with Gasteiger partial charge in [-0.2, -0.15) is 0 Å². The molecular weight excluding hydrogens is 457 g/mol. The molecule has 3 aliphatic heterocycles. The van der Waals surface area contributed by atoms with Gasteiger partial charge < -0.3 is 25.9 Å². The second-order valence-electron chi connectivity index (χ2n) is 11.2. The van der Waals surface area contributed by atoms with Gasteiger partial charge in [-0.3, -0.25) is 0 Å². The summed E-state index contributed by atoms with van der Waals surface area (Å²) < 4.78 is 34.2. The van der Waals surface area contributed by atoms with Crippen molar-refractivity contribution in [3.8, 4) is 0 Å². The second-order valence-corrected chi connectivity index (χ2v) is 34.8. The van der Waals surface area contributed by atoms with Crippen LogP contribution in [0.4, 0.5) is 0 Å². The molecule has 168 valence electrons. The van der Waals surface area contributed by atoms with Crippen molar-refractivity contribution in [2.45, 2.75) is 78.6 Å². The Morgan fingerprint density at radius 3 is 0.714 bits per heavy atom. The second kappa shape index (κ2) is 9.28. The van der Waals surface area contributed by atoms with E-state index in [1.54, 1.807) is 0 Å². The molecule has 6 nitrogen and oxygen atoms in total. The maximum Gasteiger partial charge on any atom is 0.321 e. The van der Waals surface area contributed by atoms with Gasteiger partial charge >= 0.3 is 17.1 Å². The largest absolute Gasteiger partial charge is 0.434 e. The Bertz CT molecular complexity index is 438. The molecule has 0 bridgehead atoms. The molecule has 0 aromatic heterocycles. The Labute approximate surface area is 179 Å². The third kappa shape index (κ3) is 10.9. The van der Waals surface area contributed by atoms with Crippen molar-refractivity contribution in [2.75, 3.05) is 24.9 Å². The van der Waals surface area contributed by atoms with E-state index in [0.29, 0.717) is 0 Å². The number of rotatable bonds is 0. The number of hydrogen-bond donors (Lipinski definition) is 0. The van der Waals surface area contributed by atoms with Gasteiger partial charge in [-0.1, -0.05) is 0 Å². The van der Waals surface area contributed by atoms with Gasteiger partial charge in [-0.15, -0.1) is 0 Å². The molecule has 3 heterocycles. The summed E-state index contributed by atoms with van der Waals surface area (Å²) in [6, 6.07) is 0. The van der Waals surface area contributed by atoms with E-state index in [1.807, 2.05) is 0 Å². The molecule has 0 N–H and O–H groups in total. The molecule has 0 atom stereocenters. The van der Waals surface area contributed by atoms with E-state index in [2.05, 4.69) is 78.6 Å². The van der Waals surface area contributed by atoms with E-state index in [1.165, 1.54) is 0 Å². The lowest BCUT2D eigenvalue weighted by molar-refractivity contribution is 0.235. The van der Waals surface area contributed by atoms with E-state index in [-0.39, 0.29) is 0 Å². The lowest BCUT2D eigenvalue weighted by Crippen LogP contribution is -2.54. The van der Waals surface area contributed by atoms with Crippen LogP contribution in [0, 0.1) is 0 Å². The van der Waals surface area contributed by atoms with Crippen molar-refractivity contribution in [2.24, 2.45) is 0 Å². The summed E-state index contributed by atoms with van der Waals surface area (Å²) >= 11 is 0. The van der Waals surface area contributed by atoms with E-state index in [4.69, 9.17) is 25.9 Å². The molecule has 3 rings (SSSR count). The zero-order valence-corrected chi connectivity index (χ0v) is 26.3. The van der Waals surface area contributed by atoms with E-state index in [0.717, 1.165) is 24.9 Å². The molecule has 0 aliphatic carbocycles. The Balaban J connectivity index is 0.000000210. The van der Waals surface area contributed by atoms with Crippen molar-refractivity contribution in [3.63, 3.8) is 0 Å². The molecule has 12 heteroatoms. The van der Waals surface area contributed by atoms with Crippen LogP contribution in [0.25, 0.3) is 0 Å². The fraction of sp³-hybridized carbons (Fsp3) is 1.00. The van der Waals surface area contributed by atoms with Crippen molar-refractivity contribution < 1.29 is 25.9 Å². The molecule has 28 heavy (non-hydrogen) atoms. The van der Waals surface area contributed by atoms with Gasteiger partial charge in [-0.05, 0) is 78.6 Å². The zero-order chi connectivity index (χ0) is 22.1. The minimum Gasteiger partial charge on any atom is -0.434 e. The van der Waals surface area contributed by atoms with E-state index < -0.39 is 50.4 Å². The van der Waals surface area contributed by atoms with Crippen LogP contribution in [0.3, 0.4) is 0 Å². The average Bonchev–Trinajstić information content (AvgIpc) is 2.88. The van der Waals surface area contributed by atoms with Crippen LogP contribution in [0.1, 0.15) is 0 Å². The first kappa shape index (κ1) is 27.1. The highest BCUT2D eigenvalue weighted by atomic mass is 28.4. The first-order chi connectivity index (χ1) is 12.2. The molecule has 0 amide bonds. The fourth-order valence-electron chi connectivity index (χ4n) is 2.97. The van der Waals surface area contributed by atoms with Gasteiger partial charge in [0.2, 0.25) is 16.6 Å². The summed E-state index contributed by atoms with van der Waals surface area (Å²) in [4.78, 5) is 0. The molecule has 3 saturated heterocycles. The Kier molecular flexibility index (Phi) is 8.98. The zero-order valence-electron chi connectivity index (χ0n) is 20.3. The van der Waals surface area contributed by atoms with Crippen molar-refractivity contribution >= 4 is 50.4 Å². The maximum absolute atomic E-state index is 5.79. The summed E-state index contributed by atoms with van der Waals surface area (Å²) in [5.74, 6) is 0. The van der Waals surface area contributed by atoms with E-state index in [9.17, 15) is 0 Å². The Morgan fingerprint density at radius 2 is 0.607 bits per heavy atom. The predicted octanol–water partition coefficient (Wildman–Crippen LogP) is 4.48. The van der Waals surface area contributed by atoms with Crippen LogP contribution >= 0.6 is 0 Å². The number of hydrogen-bond acceptors (Lipinski definition) is 6. The van der Waals surface area contributed by atoms with Crippen molar-refractivity contribution in [1.29, 1.82) is 0 Å². The normalized spacial score (nSPS) is 30.4. The first-order valence-electron chi connectivity index (χ1n) is 10.2. The van der Waals surface area contributed by atoms with Gasteiger partial charge in [0.05, 0.1) is 24.9 Å².